The van der Waals surface area contributed by atoms with Crippen LogP contribution < -0.4 is 5.32 Å². The predicted octanol–water partition coefficient (Wildman–Crippen LogP) is 1.36. The first-order valence-electron chi connectivity index (χ1n) is 9.48. The molecule has 2 aliphatic rings. The fourth-order valence-corrected chi connectivity index (χ4v) is 3.85. The van der Waals surface area contributed by atoms with Gasteiger partial charge in [0.15, 0.2) is 6.04 Å². The van der Waals surface area contributed by atoms with Gasteiger partial charge in [0.2, 0.25) is 5.91 Å². The van der Waals surface area contributed by atoms with Crippen LogP contribution in [0.25, 0.3) is 10.8 Å². The molecule has 1 fully saturated rings. The Morgan fingerprint density at radius 3 is 2.76 bits per heavy atom. The van der Waals surface area contributed by atoms with Crippen LogP contribution in [0.2, 0.25) is 0 Å². The molecule has 0 unspecified atom stereocenters. The van der Waals surface area contributed by atoms with Crippen LogP contribution in [-0.2, 0) is 14.3 Å². The van der Waals surface area contributed by atoms with Crippen molar-refractivity contribution in [1.29, 1.82) is 0 Å². The van der Waals surface area contributed by atoms with Crippen LogP contribution in [0.5, 0.6) is 0 Å². The van der Waals surface area contributed by atoms with E-state index in [1.807, 2.05) is 36.4 Å². The van der Waals surface area contributed by atoms with E-state index in [0.29, 0.717) is 11.8 Å². The molecule has 4 rings (SSSR count). The summed E-state index contributed by atoms with van der Waals surface area (Å²) < 4.78 is 5.39. The highest BCUT2D eigenvalue weighted by Crippen LogP contribution is 2.22. The molecule has 2 N–H and O–H groups in total. The van der Waals surface area contributed by atoms with E-state index in [1.54, 1.807) is 12.3 Å². The molecule has 0 saturated carbocycles. The van der Waals surface area contributed by atoms with Crippen LogP contribution in [0.1, 0.15) is 23.3 Å². The number of carboxylic acids is 1. The summed E-state index contributed by atoms with van der Waals surface area (Å²) >= 11 is 0. The fourth-order valence-electron chi connectivity index (χ4n) is 3.85. The number of ether oxygens (including phenoxy) is 1. The molecule has 0 bridgehead atoms. The molecule has 2 aliphatic heterocycles. The van der Waals surface area contributed by atoms with Crippen molar-refractivity contribution < 1.29 is 24.2 Å². The van der Waals surface area contributed by atoms with Gasteiger partial charge in [-0.25, -0.2) is 4.79 Å². The molecule has 1 aromatic heterocycles. The van der Waals surface area contributed by atoms with Gasteiger partial charge >= 0.3 is 5.97 Å². The number of hydrogen-bond acceptors (Lipinski definition) is 5. The topological polar surface area (TPSA) is 109 Å². The van der Waals surface area contributed by atoms with Crippen LogP contribution in [0.15, 0.2) is 48.7 Å². The van der Waals surface area contributed by atoms with Crippen LogP contribution in [0.4, 0.5) is 0 Å². The summed E-state index contributed by atoms with van der Waals surface area (Å²) in [4.78, 5) is 43.4. The second-order valence-corrected chi connectivity index (χ2v) is 7.14. The monoisotopic (exact) mass is 395 g/mol. The molecule has 0 radical (unpaired) electrons. The second kappa shape index (κ2) is 8.00. The number of aliphatic carboxylic acids is 1. The van der Waals surface area contributed by atoms with Crippen LogP contribution in [0.3, 0.4) is 0 Å². The highest BCUT2D eigenvalue weighted by Gasteiger charge is 2.42. The Bertz CT molecular complexity index is 984. The van der Waals surface area contributed by atoms with E-state index in [-0.39, 0.29) is 31.4 Å². The summed E-state index contributed by atoms with van der Waals surface area (Å²) in [5.74, 6) is -2.00. The maximum Gasteiger partial charge on any atom is 0.328 e. The number of amides is 2. The minimum Gasteiger partial charge on any atom is -0.480 e. The third-order valence-corrected chi connectivity index (χ3v) is 5.29. The first-order chi connectivity index (χ1) is 14.1. The van der Waals surface area contributed by atoms with Crippen molar-refractivity contribution in [3.05, 3.63) is 54.4 Å². The second-order valence-electron chi connectivity index (χ2n) is 7.14. The molecule has 3 heterocycles. The Hall–Kier alpha value is -3.26. The Labute approximate surface area is 167 Å². The Kier molecular flexibility index (Phi) is 5.26. The number of pyridine rings is 1. The van der Waals surface area contributed by atoms with E-state index in [2.05, 4.69) is 10.3 Å². The van der Waals surface area contributed by atoms with Gasteiger partial charge in [-0.1, -0.05) is 36.4 Å². The lowest BCUT2D eigenvalue weighted by molar-refractivity contribution is -0.164. The smallest absolute Gasteiger partial charge is 0.328 e. The number of aromatic nitrogens is 1. The Morgan fingerprint density at radius 2 is 1.93 bits per heavy atom. The number of nitrogens with one attached hydrogen (secondary N) is 1. The maximum absolute atomic E-state index is 13.2. The number of fused-ring (bicyclic) bond motifs is 2. The summed E-state index contributed by atoms with van der Waals surface area (Å²) in [6.45, 7) is 0.207. The van der Waals surface area contributed by atoms with Crippen molar-refractivity contribution in [3.63, 3.8) is 0 Å². The molecule has 2 amide bonds. The Balaban J connectivity index is 1.62. The molecule has 2 aromatic rings. The van der Waals surface area contributed by atoms with Gasteiger partial charge in [-0.15, -0.1) is 0 Å². The van der Waals surface area contributed by atoms with Crippen LogP contribution in [-0.4, -0.2) is 64.1 Å². The minimum absolute atomic E-state index is 0.0627. The van der Waals surface area contributed by atoms with Gasteiger partial charge in [-0.05, 0) is 24.3 Å². The minimum atomic E-state index is -1.12. The fraction of sp³-hybridized carbons (Fsp3) is 0.333. The molecular weight excluding hydrogens is 374 g/mol. The van der Waals surface area contributed by atoms with Gasteiger partial charge in [0.05, 0.1) is 19.3 Å². The lowest BCUT2D eigenvalue weighted by Gasteiger charge is -2.42. The highest BCUT2D eigenvalue weighted by molar-refractivity contribution is 6.06. The highest BCUT2D eigenvalue weighted by atomic mass is 16.5. The van der Waals surface area contributed by atoms with Crippen molar-refractivity contribution >= 4 is 28.6 Å². The summed E-state index contributed by atoms with van der Waals surface area (Å²) in [6, 6.07) is 6.88. The number of rotatable bonds is 3. The zero-order valence-corrected chi connectivity index (χ0v) is 15.7. The normalized spacial score (nSPS) is 24.5. The first kappa shape index (κ1) is 19.1. The van der Waals surface area contributed by atoms with Gasteiger partial charge < -0.3 is 20.1 Å². The largest absolute Gasteiger partial charge is 0.480 e. The lowest BCUT2D eigenvalue weighted by Crippen LogP contribution is -2.62. The quantitative estimate of drug-likeness (QED) is 0.760. The number of carboxylic acid groups (broad SMARTS) is 1. The van der Waals surface area contributed by atoms with Gasteiger partial charge in [0, 0.05) is 11.6 Å². The lowest BCUT2D eigenvalue weighted by atomic mass is 10.00. The molecular formula is C21H21N3O5. The number of nitrogens with zero attached hydrogens (tertiary/aromatic N) is 2. The average Bonchev–Trinajstić information content (AvgIpc) is 2.73. The summed E-state index contributed by atoms with van der Waals surface area (Å²) in [5.41, 5.74) is 0.232. The van der Waals surface area contributed by atoms with Crippen LogP contribution >= 0.6 is 0 Å². The van der Waals surface area contributed by atoms with Gasteiger partial charge in [-0.3, -0.25) is 14.6 Å². The Morgan fingerprint density at radius 1 is 1.14 bits per heavy atom. The SMILES string of the molecule is O=C(N[C@H]1CC=CC[C@H]2COC[C@@H](C(=O)O)N2C1=O)c1nccc2ccccc12. The van der Waals surface area contributed by atoms with Crippen molar-refractivity contribution in [3.8, 4) is 0 Å². The zero-order valence-electron chi connectivity index (χ0n) is 15.7. The molecule has 0 aliphatic carbocycles. The predicted molar refractivity (Wildman–Crippen MR) is 104 cm³/mol. The summed E-state index contributed by atoms with van der Waals surface area (Å²) in [6.07, 6.45) is 6.08. The number of hydrogen-bond donors (Lipinski definition) is 2. The van der Waals surface area contributed by atoms with E-state index in [9.17, 15) is 19.5 Å². The maximum atomic E-state index is 13.2. The van der Waals surface area contributed by atoms with E-state index in [4.69, 9.17) is 4.74 Å². The van der Waals surface area contributed by atoms with E-state index in [0.717, 1.165) is 5.39 Å². The van der Waals surface area contributed by atoms with Crippen LogP contribution in [0, 0.1) is 0 Å². The first-order valence-corrected chi connectivity index (χ1v) is 9.48. The standard InChI is InChI=1S/C21H21N3O5/c25-19(18-15-7-3-1-5-13(15)9-10-22-18)23-16-8-4-2-6-14-11-29-12-17(21(27)28)24(14)20(16)26/h1-5,7,9-10,14,16-17H,6,8,11-12H2,(H,23,25)(H,27,28)/t14-,16-,17-/m0/s1. The molecule has 1 aromatic carbocycles. The molecule has 8 heteroatoms. The van der Waals surface area contributed by atoms with E-state index in [1.165, 1.54) is 4.90 Å². The number of morpholine rings is 1. The number of benzene rings is 1. The van der Waals surface area contributed by atoms with Crippen molar-refractivity contribution in [2.24, 2.45) is 0 Å². The van der Waals surface area contributed by atoms with Crippen molar-refractivity contribution in [2.45, 2.75) is 31.0 Å². The molecule has 150 valence electrons. The molecule has 8 nitrogen and oxygen atoms in total. The third kappa shape index (κ3) is 3.71. The van der Waals surface area contributed by atoms with E-state index < -0.39 is 29.9 Å². The van der Waals surface area contributed by atoms with E-state index >= 15 is 0 Å². The summed E-state index contributed by atoms with van der Waals surface area (Å²) in [5, 5.41) is 13.9. The third-order valence-electron chi connectivity index (χ3n) is 5.29. The van der Waals surface area contributed by atoms with Gasteiger partial charge in [-0.2, -0.15) is 0 Å². The van der Waals surface area contributed by atoms with Gasteiger partial charge in [0.1, 0.15) is 11.7 Å². The zero-order chi connectivity index (χ0) is 20.4. The van der Waals surface area contributed by atoms with Gasteiger partial charge in [0.25, 0.3) is 5.91 Å². The number of carbonyl (C=O) groups is 3. The average molecular weight is 395 g/mol. The number of carbonyl (C=O) groups excluding carboxylic acids is 2. The molecule has 1 saturated heterocycles. The summed E-state index contributed by atoms with van der Waals surface area (Å²) in [7, 11) is 0. The molecule has 3 atom stereocenters. The van der Waals surface area contributed by atoms with Crippen molar-refractivity contribution in [1.82, 2.24) is 15.2 Å². The molecule has 0 spiro atoms. The van der Waals surface area contributed by atoms with Crippen molar-refractivity contribution in [2.75, 3.05) is 13.2 Å². The molecule has 29 heavy (non-hydrogen) atoms.